The Morgan fingerprint density at radius 3 is 2.77 bits per heavy atom. The Balaban J connectivity index is 2.14. The summed E-state index contributed by atoms with van der Waals surface area (Å²) in [5.74, 6) is -1.11. The number of esters is 1. The van der Waals surface area contributed by atoms with Crippen LogP contribution in [-0.2, 0) is 14.3 Å². The molecule has 0 bridgehead atoms. The zero-order chi connectivity index (χ0) is 16.5. The Morgan fingerprint density at radius 2 is 2.18 bits per heavy atom. The maximum atomic E-state index is 12.5. The van der Waals surface area contributed by atoms with Crippen molar-refractivity contribution in [2.75, 3.05) is 18.6 Å². The van der Waals surface area contributed by atoms with Crippen LogP contribution in [0.3, 0.4) is 0 Å². The number of carbonyl (C=O) groups is 3. The van der Waals surface area contributed by atoms with Crippen molar-refractivity contribution in [2.24, 2.45) is 5.73 Å². The van der Waals surface area contributed by atoms with E-state index in [0.717, 1.165) is 0 Å². The van der Waals surface area contributed by atoms with Gasteiger partial charge in [0.2, 0.25) is 11.8 Å². The number of rotatable bonds is 4. The van der Waals surface area contributed by atoms with Crippen molar-refractivity contribution in [2.45, 2.75) is 31.8 Å². The van der Waals surface area contributed by atoms with Crippen molar-refractivity contribution in [3.63, 3.8) is 0 Å². The second kappa shape index (κ2) is 6.05. The summed E-state index contributed by atoms with van der Waals surface area (Å²) in [6, 6.07) is 0.997. The Hall–Kier alpha value is -1.93. The highest BCUT2D eigenvalue weighted by atomic mass is 32.1. The molecule has 8 heteroatoms. The molecule has 0 aliphatic carbocycles. The van der Waals surface area contributed by atoms with Gasteiger partial charge in [-0.3, -0.25) is 9.59 Å². The summed E-state index contributed by atoms with van der Waals surface area (Å²) in [6.45, 7) is 3.58. The van der Waals surface area contributed by atoms with E-state index in [1.54, 1.807) is 25.3 Å². The van der Waals surface area contributed by atoms with E-state index >= 15 is 0 Å². The lowest BCUT2D eigenvalue weighted by molar-refractivity contribution is -0.129. The lowest BCUT2D eigenvalue weighted by Crippen LogP contribution is -2.53. The Labute approximate surface area is 132 Å². The molecule has 22 heavy (non-hydrogen) atoms. The van der Waals surface area contributed by atoms with E-state index in [0.29, 0.717) is 23.5 Å². The predicted molar refractivity (Wildman–Crippen MR) is 82.8 cm³/mol. The van der Waals surface area contributed by atoms with E-state index < -0.39 is 17.6 Å². The third kappa shape index (κ3) is 3.12. The third-order valence-electron chi connectivity index (χ3n) is 3.39. The van der Waals surface area contributed by atoms with Crippen LogP contribution in [0, 0.1) is 0 Å². The molecule has 0 spiro atoms. The van der Waals surface area contributed by atoms with Gasteiger partial charge in [0, 0.05) is 6.54 Å². The largest absolute Gasteiger partial charge is 0.465 e. The number of carbonyl (C=O) groups excluding carboxylic acids is 3. The number of ether oxygens (including phenoxy) is 1. The molecule has 0 saturated carbocycles. The highest BCUT2D eigenvalue weighted by molar-refractivity contribution is 7.14. The smallest absolute Gasteiger partial charge is 0.340 e. The number of nitrogens with zero attached hydrogens (tertiary/aromatic N) is 1. The molecule has 1 aliphatic heterocycles. The van der Waals surface area contributed by atoms with Crippen LogP contribution in [0.25, 0.3) is 0 Å². The van der Waals surface area contributed by atoms with Gasteiger partial charge in [0.25, 0.3) is 0 Å². The van der Waals surface area contributed by atoms with Gasteiger partial charge in [-0.15, -0.1) is 11.3 Å². The van der Waals surface area contributed by atoms with E-state index in [2.05, 4.69) is 5.32 Å². The first-order valence-electron chi connectivity index (χ1n) is 6.82. The van der Waals surface area contributed by atoms with Crippen molar-refractivity contribution in [3.8, 4) is 0 Å². The van der Waals surface area contributed by atoms with Gasteiger partial charge >= 0.3 is 5.97 Å². The molecule has 2 amide bonds. The van der Waals surface area contributed by atoms with Gasteiger partial charge in [-0.05, 0) is 31.7 Å². The maximum absolute atomic E-state index is 12.5. The molecular weight excluding hydrogens is 306 g/mol. The molecule has 1 fully saturated rings. The standard InChI is InChI=1S/C14H19N3O4S/c1-14(2,15)13(20)16-9-4-6-17(10(9)18)11-8(5-7-22-11)12(19)21-3/h5,7,9H,4,6,15H2,1-3H3,(H,16,20). The summed E-state index contributed by atoms with van der Waals surface area (Å²) in [5, 5.41) is 4.92. The maximum Gasteiger partial charge on any atom is 0.340 e. The molecule has 1 aromatic rings. The zero-order valence-corrected chi connectivity index (χ0v) is 13.5. The molecule has 0 aromatic carbocycles. The first kappa shape index (κ1) is 16.4. The normalized spacial score (nSPS) is 18.5. The van der Waals surface area contributed by atoms with Gasteiger partial charge in [0.05, 0.1) is 18.2 Å². The summed E-state index contributed by atoms with van der Waals surface area (Å²) < 4.78 is 4.71. The monoisotopic (exact) mass is 325 g/mol. The summed E-state index contributed by atoms with van der Waals surface area (Å²) >= 11 is 1.29. The lowest BCUT2D eigenvalue weighted by atomic mass is 10.1. The van der Waals surface area contributed by atoms with Gasteiger partial charge in [-0.1, -0.05) is 0 Å². The zero-order valence-electron chi connectivity index (χ0n) is 12.7. The summed E-state index contributed by atoms with van der Waals surface area (Å²) in [6.07, 6.45) is 0.471. The minimum atomic E-state index is -1.05. The number of hydrogen-bond donors (Lipinski definition) is 2. The minimum Gasteiger partial charge on any atom is -0.465 e. The number of methoxy groups -OCH3 is 1. The van der Waals surface area contributed by atoms with Gasteiger partial charge < -0.3 is 20.7 Å². The number of thiophene rings is 1. The van der Waals surface area contributed by atoms with E-state index in [1.807, 2.05) is 0 Å². The Morgan fingerprint density at radius 1 is 1.50 bits per heavy atom. The van der Waals surface area contributed by atoms with Crippen LogP contribution in [0.5, 0.6) is 0 Å². The Bertz CT molecular complexity index is 605. The fraction of sp³-hybridized carbons (Fsp3) is 0.500. The molecule has 120 valence electrons. The second-order valence-electron chi connectivity index (χ2n) is 5.66. The lowest BCUT2D eigenvalue weighted by Gasteiger charge is -2.21. The first-order valence-corrected chi connectivity index (χ1v) is 7.70. The fourth-order valence-electron chi connectivity index (χ4n) is 2.14. The van der Waals surface area contributed by atoms with Crippen LogP contribution in [-0.4, -0.2) is 43.0 Å². The van der Waals surface area contributed by atoms with E-state index in [4.69, 9.17) is 10.5 Å². The van der Waals surface area contributed by atoms with Crippen LogP contribution in [0.15, 0.2) is 11.4 Å². The average molecular weight is 325 g/mol. The number of anilines is 1. The van der Waals surface area contributed by atoms with Crippen molar-refractivity contribution in [3.05, 3.63) is 17.0 Å². The number of nitrogens with one attached hydrogen (secondary N) is 1. The minimum absolute atomic E-state index is 0.245. The highest BCUT2D eigenvalue weighted by Crippen LogP contribution is 2.31. The van der Waals surface area contributed by atoms with Crippen molar-refractivity contribution >= 4 is 34.1 Å². The number of amides is 2. The topological polar surface area (TPSA) is 102 Å². The van der Waals surface area contributed by atoms with Crippen molar-refractivity contribution in [1.29, 1.82) is 0 Å². The van der Waals surface area contributed by atoms with Crippen molar-refractivity contribution < 1.29 is 19.1 Å². The Kier molecular flexibility index (Phi) is 4.52. The number of hydrogen-bond acceptors (Lipinski definition) is 6. The van der Waals surface area contributed by atoms with Crippen molar-refractivity contribution in [1.82, 2.24) is 5.32 Å². The van der Waals surface area contributed by atoms with Gasteiger partial charge in [0.15, 0.2) is 0 Å². The molecule has 2 heterocycles. The predicted octanol–water partition coefficient (Wildman–Crippen LogP) is 0.494. The summed E-state index contributed by atoms with van der Waals surface area (Å²) in [7, 11) is 1.29. The third-order valence-corrected chi connectivity index (χ3v) is 4.33. The molecule has 2 rings (SSSR count). The molecule has 7 nitrogen and oxygen atoms in total. The molecule has 3 N–H and O–H groups in total. The average Bonchev–Trinajstić information content (AvgIpc) is 3.04. The van der Waals surface area contributed by atoms with E-state index in [1.165, 1.54) is 23.3 Å². The second-order valence-corrected chi connectivity index (χ2v) is 6.55. The molecule has 1 unspecified atom stereocenters. The molecule has 1 aliphatic rings. The summed E-state index contributed by atoms with van der Waals surface area (Å²) in [5.41, 5.74) is 5.02. The highest BCUT2D eigenvalue weighted by Gasteiger charge is 2.37. The van der Waals surface area contributed by atoms with Gasteiger partial charge in [-0.2, -0.15) is 0 Å². The van der Waals surface area contributed by atoms with E-state index in [9.17, 15) is 14.4 Å². The molecule has 1 atom stereocenters. The van der Waals surface area contributed by atoms with Crippen LogP contribution in [0.2, 0.25) is 0 Å². The quantitative estimate of drug-likeness (QED) is 0.785. The SMILES string of the molecule is COC(=O)c1ccsc1N1CCC(NC(=O)C(C)(C)N)C1=O. The molecule has 0 radical (unpaired) electrons. The van der Waals surface area contributed by atoms with E-state index in [-0.39, 0.29) is 11.8 Å². The molecule has 1 aromatic heterocycles. The fourth-order valence-corrected chi connectivity index (χ4v) is 3.06. The summed E-state index contributed by atoms with van der Waals surface area (Å²) in [4.78, 5) is 37.6. The van der Waals surface area contributed by atoms with Gasteiger partial charge in [-0.25, -0.2) is 4.79 Å². The van der Waals surface area contributed by atoms with Crippen LogP contribution < -0.4 is 16.0 Å². The number of nitrogens with two attached hydrogens (primary N) is 1. The van der Waals surface area contributed by atoms with Crippen LogP contribution in [0.4, 0.5) is 5.00 Å². The molecule has 1 saturated heterocycles. The van der Waals surface area contributed by atoms with Crippen LogP contribution in [0.1, 0.15) is 30.6 Å². The first-order chi connectivity index (χ1) is 10.3. The molecular formula is C14H19N3O4S. The van der Waals surface area contributed by atoms with Crippen LogP contribution >= 0.6 is 11.3 Å². The van der Waals surface area contributed by atoms with Gasteiger partial charge in [0.1, 0.15) is 11.0 Å².